The van der Waals surface area contributed by atoms with Gasteiger partial charge in [0.2, 0.25) is 0 Å². The lowest BCUT2D eigenvalue weighted by molar-refractivity contribution is -0.0361. The summed E-state index contributed by atoms with van der Waals surface area (Å²) in [6, 6.07) is 94.2. The summed E-state index contributed by atoms with van der Waals surface area (Å²) in [5, 5.41) is 0. The minimum Gasteiger partial charge on any atom is -0.438 e. The zero-order valence-corrected chi connectivity index (χ0v) is 34.9. The van der Waals surface area contributed by atoms with E-state index >= 15 is 0 Å². The van der Waals surface area contributed by atoms with Crippen LogP contribution >= 0.6 is 0 Å². The van der Waals surface area contributed by atoms with Crippen LogP contribution in [0.2, 0.25) is 0 Å². The molecule has 0 aliphatic heterocycles. The van der Waals surface area contributed by atoms with E-state index in [0.29, 0.717) is 0 Å². The van der Waals surface area contributed by atoms with Crippen LogP contribution in [-0.2, 0) is 28.2 Å². The van der Waals surface area contributed by atoms with Gasteiger partial charge in [0.25, 0.3) is 0 Å². The molecule has 0 saturated heterocycles. The lowest BCUT2D eigenvalue weighted by Gasteiger charge is -2.45. The minimum atomic E-state index is -3.64. The third kappa shape index (κ3) is 7.81. The van der Waals surface area contributed by atoms with Crippen LogP contribution in [0.25, 0.3) is 0 Å². The Morgan fingerprint density at radius 3 is 0.410 bits per heavy atom. The first-order chi connectivity index (χ1) is 30.2. The van der Waals surface area contributed by atoms with E-state index in [1.807, 2.05) is 54.6 Å². The number of hydrogen-bond donors (Lipinski definition) is 0. The van der Waals surface area contributed by atoms with Crippen LogP contribution in [0.3, 0.4) is 0 Å². The first-order valence-corrected chi connectivity index (χ1v) is 22.2. The second kappa shape index (κ2) is 18.3. The van der Waals surface area contributed by atoms with E-state index < -0.39 is 32.0 Å². The Kier molecular flexibility index (Phi) is 12.0. The molecule has 9 aromatic rings. The maximum atomic E-state index is 8.13. The summed E-state index contributed by atoms with van der Waals surface area (Å²) in [5.74, 6) is 0. The van der Waals surface area contributed by atoms with Crippen LogP contribution in [-0.4, -0.2) is 15.1 Å². The van der Waals surface area contributed by atoms with E-state index in [0.717, 1.165) is 50.1 Å². The average molecular weight is 805 g/mol. The summed E-state index contributed by atoms with van der Waals surface area (Å²) in [6.45, 7) is 0. The normalized spacial score (nSPS) is 11.8. The Hall–Kier alpha value is -6.61. The molecule has 0 fully saturated rings. The largest absolute Gasteiger partial charge is 0.908 e. The molecular weight excluding hydrogens is 760 g/mol. The van der Waals surface area contributed by atoms with Gasteiger partial charge < -0.3 is 11.4 Å². The molecule has 0 aliphatic rings. The average Bonchev–Trinajstić information content (AvgIpc) is 3.36. The zero-order valence-electron chi connectivity index (χ0n) is 33.8. The number of benzene rings is 9. The Bertz CT molecular complexity index is 2090. The van der Waals surface area contributed by atoms with Crippen molar-refractivity contribution in [3.05, 3.63) is 323 Å². The Balaban J connectivity index is 1.39. The third-order valence-corrected chi connectivity index (χ3v) is 13.1. The molecular formula is C57H45AlO3. The van der Waals surface area contributed by atoms with E-state index in [9.17, 15) is 0 Å². The fourth-order valence-electron chi connectivity index (χ4n) is 8.67. The molecule has 0 amide bonds. The van der Waals surface area contributed by atoms with Gasteiger partial charge in [-0.3, -0.25) is 0 Å². The molecule has 9 rings (SSSR count). The molecule has 0 saturated carbocycles. The van der Waals surface area contributed by atoms with Crippen molar-refractivity contribution in [1.29, 1.82) is 0 Å². The standard InChI is InChI=1S/3C19H15O.Al/c3*20-19(16-10-4-1-5-11-16,17-12-6-2-7-13-17)18-14-8-3-9-15-18;/h3*1-15H;/q3*-1;+3. The van der Waals surface area contributed by atoms with E-state index in [-0.39, 0.29) is 0 Å². The molecule has 0 aromatic heterocycles. The highest BCUT2D eigenvalue weighted by molar-refractivity contribution is 6.37. The summed E-state index contributed by atoms with van der Waals surface area (Å²) < 4.78 is 24.4. The van der Waals surface area contributed by atoms with Crippen molar-refractivity contribution in [1.82, 2.24) is 0 Å². The maximum Gasteiger partial charge on any atom is 0.908 e. The number of hydrogen-bond acceptors (Lipinski definition) is 3. The monoisotopic (exact) mass is 804 g/mol. The number of rotatable bonds is 15. The molecule has 0 unspecified atom stereocenters. The molecule has 0 heterocycles. The van der Waals surface area contributed by atoms with Crippen molar-refractivity contribution < 1.29 is 11.4 Å². The van der Waals surface area contributed by atoms with Crippen molar-refractivity contribution >= 4 is 15.1 Å². The van der Waals surface area contributed by atoms with Crippen molar-refractivity contribution in [3.63, 3.8) is 0 Å². The summed E-state index contributed by atoms with van der Waals surface area (Å²) in [7, 11) is 0. The minimum absolute atomic E-state index is 0.951. The quantitative estimate of drug-likeness (QED) is 0.0763. The molecule has 3 nitrogen and oxygen atoms in total. The fourth-order valence-corrected chi connectivity index (χ4v) is 10.9. The molecule has 0 aliphatic carbocycles. The van der Waals surface area contributed by atoms with Gasteiger partial charge in [-0.15, -0.1) is 0 Å². The SMILES string of the molecule is c1ccc(C([O][Al]([O]C(c2ccccc2)(c2ccccc2)c2ccccc2)[O]C(c2ccccc2)(c2ccccc2)c2ccccc2)(c2ccccc2)c2ccccc2)cc1. The second-order valence-corrected chi connectivity index (χ2v) is 16.3. The molecule has 294 valence electrons. The van der Waals surface area contributed by atoms with Gasteiger partial charge in [-0.25, -0.2) is 0 Å². The van der Waals surface area contributed by atoms with Gasteiger partial charge in [0, 0.05) is 0 Å². The molecule has 9 aromatic carbocycles. The van der Waals surface area contributed by atoms with Crippen LogP contribution in [0.15, 0.2) is 273 Å². The molecule has 0 bridgehead atoms. The first-order valence-electron chi connectivity index (χ1n) is 20.8. The summed E-state index contributed by atoms with van der Waals surface area (Å²) in [5.41, 5.74) is 5.03. The summed E-state index contributed by atoms with van der Waals surface area (Å²) in [4.78, 5) is 0. The van der Waals surface area contributed by atoms with E-state index in [1.54, 1.807) is 0 Å². The molecule has 4 heteroatoms. The van der Waals surface area contributed by atoms with Crippen LogP contribution in [0.4, 0.5) is 0 Å². The molecule has 0 atom stereocenters. The van der Waals surface area contributed by atoms with Crippen LogP contribution in [0.5, 0.6) is 0 Å². The maximum absolute atomic E-state index is 8.13. The predicted molar refractivity (Wildman–Crippen MR) is 247 cm³/mol. The van der Waals surface area contributed by atoms with Gasteiger partial charge in [-0.05, 0) is 50.1 Å². The Morgan fingerprint density at radius 1 is 0.180 bits per heavy atom. The van der Waals surface area contributed by atoms with Crippen LogP contribution in [0.1, 0.15) is 50.1 Å². The van der Waals surface area contributed by atoms with Gasteiger partial charge >= 0.3 is 15.1 Å². The van der Waals surface area contributed by atoms with Gasteiger partial charge in [0.15, 0.2) is 0 Å². The van der Waals surface area contributed by atoms with Gasteiger partial charge in [0.1, 0.15) is 16.8 Å². The summed E-state index contributed by atoms with van der Waals surface area (Å²) in [6.07, 6.45) is 0. The highest BCUT2D eigenvalue weighted by Gasteiger charge is 2.56. The van der Waals surface area contributed by atoms with Crippen molar-refractivity contribution in [3.8, 4) is 0 Å². The van der Waals surface area contributed by atoms with Gasteiger partial charge in [-0.2, -0.15) is 0 Å². The lowest BCUT2D eigenvalue weighted by Crippen LogP contribution is -2.51. The molecule has 0 spiro atoms. The smallest absolute Gasteiger partial charge is 0.438 e. The lowest BCUT2D eigenvalue weighted by atomic mass is 9.80. The van der Waals surface area contributed by atoms with E-state index in [4.69, 9.17) is 11.4 Å². The molecule has 0 N–H and O–H groups in total. The molecule has 61 heavy (non-hydrogen) atoms. The highest BCUT2D eigenvalue weighted by Crippen LogP contribution is 2.48. The fraction of sp³-hybridized carbons (Fsp3) is 0.0526. The topological polar surface area (TPSA) is 27.7 Å². The van der Waals surface area contributed by atoms with Crippen LogP contribution in [0, 0.1) is 0 Å². The van der Waals surface area contributed by atoms with Crippen molar-refractivity contribution in [2.75, 3.05) is 0 Å². The predicted octanol–water partition coefficient (Wildman–Crippen LogP) is 13.0. The van der Waals surface area contributed by atoms with Gasteiger partial charge in [-0.1, -0.05) is 273 Å². The third-order valence-electron chi connectivity index (χ3n) is 11.4. The van der Waals surface area contributed by atoms with Crippen molar-refractivity contribution in [2.24, 2.45) is 0 Å². The van der Waals surface area contributed by atoms with Gasteiger partial charge in [0.05, 0.1) is 0 Å². The second-order valence-electron chi connectivity index (χ2n) is 15.0. The highest BCUT2D eigenvalue weighted by atomic mass is 27.3. The Labute approximate surface area is 364 Å². The Morgan fingerprint density at radius 2 is 0.295 bits per heavy atom. The van der Waals surface area contributed by atoms with E-state index in [2.05, 4.69) is 218 Å². The van der Waals surface area contributed by atoms with E-state index in [1.165, 1.54) is 0 Å². The summed E-state index contributed by atoms with van der Waals surface area (Å²) >= 11 is -3.64. The van der Waals surface area contributed by atoms with Crippen molar-refractivity contribution in [2.45, 2.75) is 16.8 Å². The first kappa shape index (κ1) is 39.8. The zero-order chi connectivity index (χ0) is 41.2. The van der Waals surface area contributed by atoms with Crippen LogP contribution < -0.4 is 0 Å². The molecule has 0 radical (unpaired) electrons.